The summed E-state index contributed by atoms with van der Waals surface area (Å²) in [4.78, 5) is 26.8. The van der Waals surface area contributed by atoms with Gasteiger partial charge in [0.15, 0.2) is 0 Å². The highest BCUT2D eigenvalue weighted by molar-refractivity contribution is 5.90. The van der Waals surface area contributed by atoms with E-state index in [1.54, 1.807) is 12.1 Å². The Balaban J connectivity index is 1.78. The maximum Gasteiger partial charge on any atom is 0.348 e. The maximum atomic E-state index is 12.3. The number of amides is 1. The fourth-order valence-electron chi connectivity index (χ4n) is 2.94. The van der Waals surface area contributed by atoms with Gasteiger partial charge in [-0.3, -0.25) is 9.78 Å². The van der Waals surface area contributed by atoms with Crippen molar-refractivity contribution in [2.75, 3.05) is 0 Å². The predicted molar refractivity (Wildman–Crippen MR) is 83.1 cm³/mol. The van der Waals surface area contributed by atoms with E-state index in [4.69, 9.17) is 0 Å². The highest BCUT2D eigenvalue weighted by Gasteiger charge is 2.24. The average Bonchev–Trinajstić information content (AvgIpc) is 2.92. The fraction of sp³-hybridized carbons (Fsp3) is 0.438. The first-order valence-corrected chi connectivity index (χ1v) is 7.71. The number of H-pyrrole nitrogens is 1. The molecule has 2 N–H and O–H groups in total. The largest absolute Gasteiger partial charge is 0.348 e. The van der Waals surface area contributed by atoms with Gasteiger partial charge in [0.2, 0.25) is 5.82 Å². The summed E-state index contributed by atoms with van der Waals surface area (Å²) in [6.07, 6.45) is 4.45. The number of carbonyl (C=O) groups is 1. The Bertz CT molecular complexity index is 704. The third-order valence-corrected chi connectivity index (χ3v) is 4.26. The third kappa shape index (κ3) is 2.95. The highest BCUT2D eigenvalue weighted by atomic mass is 16.2. The van der Waals surface area contributed by atoms with Crippen LogP contribution in [0.5, 0.6) is 0 Å². The quantitative estimate of drug-likeness (QED) is 0.908. The van der Waals surface area contributed by atoms with E-state index in [1.165, 1.54) is 11.1 Å². The van der Waals surface area contributed by atoms with Crippen molar-refractivity contribution in [2.45, 2.75) is 38.6 Å². The molecule has 22 heavy (non-hydrogen) atoms. The number of hydrogen-bond acceptors (Lipinski definition) is 3. The molecular formula is C16H20N4O2. The number of benzene rings is 1. The molecule has 1 saturated carbocycles. The Kier molecular flexibility index (Phi) is 4.09. The molecule has 2 aromatic rings. The second-order valence-electron chi connectivity index (χ2n) is 5.87. The predicted octanol–water partition coefficient (Wildman–Crippen LogP) is 1.87. The standard InChI is InChI=1S/C16H20N4O2/c1-11-7-5-6-10-13(11)17-15(21)14-18-16(22)20(19-14)12-8-3-2-4-9-12/h2-4,8-9,11,13H,5-7,10H2,1H3,(H,17,21)(H,18,19,22). The van der Waals surface area contributed by atoms with E-state index in [-0.39, 0.29) is 17.8 Å². The zero-order chi connectivity index (χ0) is 15.5. The van der Waals surface area contributed by atoms with E-state index < -0.39 is 5.69 Å². The Hall–Kier alpha value is -2.37. The number of rotatable bonds is 3. The normalized spacial score (nSPS) is 21.5. The van der Waals surface area contributed by atoms with Crippen LogP contribution in [0.2, 0.25) is 0 Å². The lowest BCUT2D eigenvalue weighted by Gasteiger charge is -2.29. The molecule has 0 spiro atoms. The van der Waals surface area contributed by atoms with E-state index in [0.717, 1.165) is 19.3 Å². The van der Waals surface area contributed by atoms with E-state index in [9.17, 15) is 9.59 Å². The van der Waals surface area contributed by atoms with Gasteiger partial charge in [0.25, 0.3) is 5.91 Å². The molecule has 0 saturated heterocycles. The summed E-state index contributed by atoms with van der Waals surface area (Å²) in [5, 5.41) is 7.10. The summed E-state index contributed by atoms with van der Waals surface area (Å²) in [5.74, 6) is 0.206. The molecule has 1 aromatic heterocycles. The summed E-state index contributed by atoms with van der Waals surface area (Å²) in [5.41, 5.74) is 0.224. The lowest BCUT2D eigenvalue weighted by atomic mass is 9.86. The van der Waals surface area contributed by atoms with Gasteiger partial charge in [-0.1, -0.05) is 38.0 Å². The van der Waals surface area contributed by atoms with E-state index in [0.29, 0.717) is 11.6 Å². The minimum atomic E-state index is -0.409. The van der Waals surface area contributed by atoms with E-state index >= 15 is 0 Å². The van der Waals surface area contributed by atoms with Crippen molar-refractivity contribution in [1.29, 1.82) is 0 Å². The van der Waals surface area contributed by atoms with Gasteiger partial charge in [-0.05, 0) is 30.9 Å². The van der Waals surface area contributed by atoms with Crippen LogP contribution in [0.4, 0.5) is 0 Å². The van der Waals surface area contributed by atoms with Crippen molar-refractivity contribution < 1.29 is 4.79 Å². The number of aromatic nitrogens is 3. The second-order valence-corrected chi connectivity index (χ2v) is 5.87. The van der Waals surface area contributed by atoms with E-state index in [2.05, 4.69) is 22.3 Å². The molecule has 0 aliphatic heterocycles. The number of nitrogens with zero attached hydrogens (tertiary/aromatic N) is 2. The van der Waals surface area contributed by atoms with Gasteiger partial charge in [0, 0.05) is 6.04 Å². The van der Waals surface area contributed by atoms with Crippen LogP contribution >= 0.6 is 0 Å². The minimum absolute atomic E-state index is 0.0617. The van der Waals surface area contributed by atoms with Crippen molar-refractivity contribution in [3.05, 3.63) is 46.6 Å². The molecule has 2 atom stereocenters. The van der Waals surface area contributed by atoms with Crippen molar-refractivity contribution >= 4 is 5.91 Å². The Labute approximate surface area is 128 Å². The van der Waals surface area contributed by atoms with Crippen LogP contribution in [0.3, 0.4) is 0 Å². The molecule has 116 valence electrons. The molecular weight excluding hydrogens is 280 g/mol. The zero-order valence-electron chi connectivity index (χ0n) is 12.6. The van der Waals surface area contributed by atoms with Gasteiger partial charge in [-0.25, -0.2) is 4.79 Å². The number of aromatic amines is 1. The molecule has 1 heterocycles. The van der Waals surface area contributed by atoms with Gasteiger partial charge in [0.05, 0.1) is 5.69 Å². The molecule has 1 fully saturated rings. The molecule has 1 amide bonds. The van der Waals surface area contributed by atoms with Crippen molar-refractivity contribution in [2.24, 2.45) is 5.92 Å². The van der Waals surface area contributed by atoms with Gasteiger partial charge >= 0.3 is 5.69 Å². The van der Waals surface area contributed by atoms with Gasteiger partial charge < -0.3 is 5.32 Å². The molecule has 1 aliphatic carbocycles. The van der Waals surface area contributed by atoms with Crippen LogP contribution in [-0.4, -0.2) is 26.7 Å². The maximum absolute atomic E-state index is 12.3. The number of nitrogens with one attached hydrogen (secondary N) is 2. The van der Waals surface area contributed by atoms with Crippen LogP contribution in [0.1, 0.15) is 43.2 Å². The molecule has 2 unspecified atom stereocenters. The van der Waals surface area contributed by atoms with Gasteiger partial charge in [-0.15, -0.1) is 5.10 Å². The van der Waals surface area contributed by atoms with Crippen LogP contribution < -0.4 is 11.0 Å². The first-order valence-electron chi connectivity index (χ1n) is 7.71. The molecule has 0 radical (unpaired) electrons. The minimum Gasteiger partial charge on any atom is -0.346 e. The topological polar surface area (TPSA) is 79.8 Å². The number of para-hydroxylation sites is 1. The molecule has 6 nitrogen and oxygen atoms in total. The molecule has 1 aliphatic rings. The van der Waals surface area contributed by atoms with E-state index in [1.807, 2.05) is 18.2 Å². The van der Waals surface area contributed by atoms with Gasteiger partial charge in [0.1, 0.15) is 0 Å². The highest BCUT2D eigenvalue weighted by Crippen LogP contribution is 2.23. The monoisotopic (exact) mass is 300 g/mol. The second kappa shape index (κ2) is 6.17. The summed E-state index contributed by atoms with van der Waals surface area (Å²) >= 11 is 0. The Morgan fingerprint density at radius 1 is 1.27 bits per heavy atom. The summed E-state index contributed by atoms with van der Waals surface area (Å²) < 4.78 is 1.21. The smallest absolute Gasteiger partial charge is 0.346 e. The van der Waals surface area contributed by atoms with Crippen molar-refractivity contribution in [1.82, 2.24) is 20.1 Å². The van der Waals surface area contributed by atoms with Crippen LogP contribution in [0, 0.1) is 5.92 Å². The lowest BCUT2D eigenvalue weighted by molar-refractivity contribution is 0.0899. The number of hydrogen-bond donors (Lipinski definition) is 2. The molecule has 6 heteroatoms. The summed E-state index contributed by atoms with van der Waals surface area (Å²) in [6, 6.07) is 9.20. The van der Waals surface area contributed by atoms with Crippen molar-refractivity contribution in [3.8, 4) is 5.69 Å². The van der Waals surface area contributed by atoms with Gasteiger partial charge in [-0.2, -0.15) is 4.68 Å². The van der Waals surface area contributed by atoms with Crippen molar-refractivity contribution in [3.63, 3.8) is 0 Å². The molecule has 0 bridgehead atoms. The number of carbonyl (C=O) groups excluding carboxylic acids is 1. The van der Waals surface area contributed by atoms with Crippen LogP contribution in [-0.2, 0) is 0 Å². The van der Waals surface area contributed by atoms with Crippen LogP contribution in [0.25, 0.3) is 5.69 Å². The lowest BCUT2D eigenvalue weighted by Crippen LogP contribution is -2.41. The molecule has 1 aromatic carbocycles. The Morgan fingerprint density at radius 2 is 2.00 bits per heavy atom. The first-order chi connectivity index (χ1) is 10.6. The third-order valence-electron chi connectivity index (χ3n) is 4.26. The SMILES string of the molecule is CC1CCCCC1NC(=O)c1nn(-c2ccccc2)c(=O)[nH]1. The molecule has 3 rings (SSSR count). The summed E-state index contributed by atoms with van der Waals surface area (Å²) in [6.45, 7) is 2.15. The zero-order valence-corrected chi connectivity index (χ0v) is 12.6. The average molecular weight is 300 g/mol. The fourth-order valence-corrected chi connectivity index (χ4v) is 2.94. The Morgan fingerprint density at radius 3 is 2.73 bits per heavy atom. The summed E-state index contributed by atoms with van der Waals surface area (Å²) in [7, 11) is 0. The first kappa shape index (κ1) is 14.6. The van der Waals surface area contributed by atoms with Crippen LogP contribution in [0.15, 0.2) is 35.1 Å².